The second kappa shape index (κ2) is 22.9. The quantitative estimate of drug-likeness (QED) is 0.141. The lowest BCUT2D eigenvalue weighted by molar-refractivity contribution is -0.127. The van der Waals surface area contributed by atoms with Crippen molar-refractivity contribution in [3.05, 3.63) is 0 Å². The van der Waals surface area contributed by atoms with Crippen LogP contribution in [-0.2, 0) is 38.1 Å². The SMILES string of the molecule is CCCNC(=O)COCCOCCNC(=O)COCCOCCNC(=O)CCCC(=O)NC. The minimum absolute atomic E-state index is 0.0101. The molecule has 0 aromatic carbocycles. The molecule has 0 rings (SSSR count). The van der Waals surface area contributed by atoms with Gasteiger partial charge in [-0.25, -0.2) is 0 Å². The molecule has 4 amide bonds. The number of nitrogens with one attached hydrogen (secondary N) is 4. The molecule has 0 aromatic rings. The van der Waals surface area contributed by atoms with Crippen molar-refractivity contribution in [1.29, 1.82) is 0 Å². The van der Waals surface area contributed by atoms with Gasteiger partial charge in [-0.1, -0.05) is 6.92 Å². The van der Waals surface area contributed by atoms with Crippen molar-refractivity contribution in [3.8, 4) is 0 Å². The first kappa shape index (κ1) is 30.7. The summed E-state index contributed by atoms with van der Waals surface area (Å²) < 4.78 is 21.0. The van der Waals surface area contributed by atoms with Gasteiger partial charge in [0.15, 0.2) is 0 Å². The second-order valence-corrected chi connectivity index (χ2v) is 6.91. The Bertz CT molecular complexity index is 548. The van der Waals surface area contributed by atoms with Gasteiger partial charge in [0.25, 0.3) is 0 Å². The van der Waals surface area contributed by atoms with Crippen molar-refractivity contribution in [3.63, 3.8) is 0 Å². The van der Waals surface area contributed by atoms with Crippen molar-refractivity contribution >= 4 is 23.6 Å². The Morgan fingerprint density at radius 2 is 1.03 bits per heavy atom. The minimum Gasteiger partial charge on any atom is -0.377 e. The van der Waals surface area contributed by atoms with Crippen LogP contribution in [0.4, 0.5) is 0 Å². The summed E-state index contributed by atoms with van der Waals surface area (Å²) in [4.78, 5) is 45.5. The van der Waals surface area contributed by atoms with E-state index >= 15 is 0 Å². The van der Waals surface area contributed by atoms with Gasteiger partial charge in [-0.05, 0) is 12.8 Å². The van der Waals surface area contributed by atoms with Crippen molar-refractivity contribution < 1.29 is 38.1 Å². The van der Waals surface area contributed by atoms with E-state index in [0.29, 0.717) is 71.9 Å². The van der Waals surface area contributed by atoms with Gasteiger partial charge < -0.3 is 40.2 Å². The average molecular weight is 477 g/mol. The number of carbonyl (C=O) groups is 4. The zero-order chi connectivity index (χ0) is 24.6. The third kappa shape index (κ3) is 22.7. The van der Waals surface area contributed by atoms with Crippen LogP contribution in [0.15, 0.2) is 0 Å². The Balaban J connectivity index is 3.34. The van der Waals surface area contributed by atoms with Gasteiger partial charge in [-0.2, -0.15) is 0 Å². The van der Waals surface area contributed by atoms with Gasteiger partial charge in [-0.15, -0.1) is 0 Å². The fourth-order valence-electron chi connectivity index (χ4n) is 2.28. The molecule has 0 aliphatic carbocycles. The summed E-state index contributed by atoms with van der Waals surface area (Å²) in [5, 5.41) is 10.6. The Morgan fingerprint density at radius 1 is 0.576 bits per heavy atom. The van der Waals surface area contributed by atoms with Gasteiger partial charge in [-0.3, -0.25) is 19.2 Å². The normalized spacial score (nSPS) is 10.5. The molecule has 0 saturated heterocycles. The zero-order valence-corrected chi connectivity index (χ0v) is 19.9. The van der Waals surface area contributed by atoms with E-state index in [4.69, 9.17) is 18.9 Å². The van der Waals surface area contributed by atoms with Crippen LogP contribution in [0.25, 0.3) is 0 Å². The smallest absolute Gasteiger partial charge is 0.246 e. The van der Waals surface area contributed by atoms with Crippen LogP contribution in [-0.4, -0.2) is 103 Å². The summed E-state index contributed by atoms with van der Waals surface area (Å²) in [6.45, 7) is 5.12. The van der Waals surface area contributed by atoms with Gasteiger partial charge >= 0.3 is 0 Å². The van der Waals surface area contributed by atoms with E-state index in [1.165, 1.54) is 0 Å². The number of hydrogen-bond donors (Lipinski definition) is 4. The lowest BCUT2D eigenvalue weighted by atomic mass is 10.2. The number of hydrogen-bond acceptors (Lipinski definition) is 8. The van der Waals surface area contributed by atoms with Gasteiger partial charge in [0.2, 0.25) is 23.6 Å². The van der Waals surface area contributed by atoms with E-state index in [-0.39, 0.29) is 43.4 Å². The van der Waals surface area contributed by atoms with Crippen LogP contribution >= 0.6 is 0 Å². The van der Waals surface area contributed by atoms with E-state index in [1.807, 2.05) is 6.92 Å². The van der Waals surface area contributed by atoms with Crippen LogP contribution in [0.3, 0.4) is 0 Å². The van der Waals surface area contributed by atoms with E-state index in [1.54, 1.807) is 7.05 Å². The highest BCUT2D eigenvalue weighted by atomic mass is 16.5. The third-order valence-corrected chi connectivity index (χ3v) is 4.01. The molecule has 0 aliphatic heterocycles. The molecular formula is C21H40N4O8. The number of ether oxygens (including phenoxy) is 4. The summed E-state index contributed by atoms with van der Waals surface area (Å²) in [6.07, 6.45) is 2.00. The predicted octanol–water partition coefficient (Wildman–Crippen LogP) is -1.27. The summed E-state index contributed by atoms with van der Waals surface area (Å²) in [5.74, 6) is -0.611. The summed E-state index contributed by atoms with van der Waals surface area (Å²) in [6, 6.07) is 0. The first-order valence-electron chi connectivity index (χ1n) is 11.3. The number of rotatable bonds is 22. The second-order valence-electron chi connectivity index (χ2n) is 6.91. The molecule has 12 nitrogen and oxygen atoms in total. The third-order valence-electron chi connectivity index (χ3n) is 4.01. The lowest BCUT2D eigenvalue weighted by Gasteiger charge is -2.09. The first-order chi connectivity index (χ1) is 16.0. The van der Waals surface area contributed by atoms with Crippen molar-refractivity contribution in [2.75, 3.05) is 79.5 Å². The molecule has 0 radical (unpaired) electrons. The first-order valence-corrected chi connectivity index (χ1v) is 11.3. The van der Waals surface area contributed by atoms with Crippen LogP contribution in [0.1, 0.15) is 32.6 Å². The summed E-state index contributed by atoms with van der Waals surface area (Å²) >= 11 is 0. The highest BCUT2D eigenvalue weighted by Crippen LogP contribution is 1.94. The Morgan fingerprint density at radius 3 is 1.55 bits per heavy atom. The molecule has 0 saturated carbocycles. The van der Waals surface area contributed by atoms with E-state index in [0.717, 1.165) is 6.42 Å². The standard InChI is InChI=1S/C21H40N4O8/c1-3-7-23-20(28)16-32-14-13-31-11-9-25-21(29)17-33-15-12-30-10-8-24-19(27)6-4-5-18(26)22-2/h3-17H2,1-2H3,(H,22,26)(H,23,28)(H,24,27)(H,25,29). The van der Waals surface area contributed by atoms with Crippen LogP contribution in [0.5, 0.6) is 0 Å². The lowest BCUT2D eigenvalue weighted by Crippen LogP contribution is -2.31. The molecule has 0 unspecified atom stereocenters. The highest BCUT2D eigenvalue weighted by molar-refractivity contribution is 5.78. The monoisotopic (exact) mass is 476 g/mol. The maximum atomic E-state index is 11.6. The largest absolute Gasteiger partial charge is 0.377 e. The molecular weight excluding hydrogens is 436 g/mol. The topological polar surface area (TPSA) is 153 Å². The van der Waals surface area contributed by atoms with Gasteiger partial charge in [0.05, 0.1) is 39.6 Å². The molecule has 33 heavy (non-hydrogen) atoms. The molecule has 192 valence electrons. The van der Waals surface area contributed by atoms with E-state index in [9.17, 15) is 19.2 Å². The van der Waals surface area contributed by atoms with Crippen molar-refractivity contribution in [2.45, 2.75) is 32.6 Å². The van der Waals surface area contributed by atoms with Crippen LogP contribution < -0.4 is 21.3 Å². The fourth-order valence-corrected chi connectivity index (χ4v) is 2.28. The Labute approximate surface area is 195 Å². The maximum absolute atomic E-state index is 11.6. The minimum atomic E-state index is -0.258. The predicted molar refractivity (Wildman–Crippen MR) is 121 cm³/mol. The van der Waals surface area contributed by atoms with E-state index in [2.05, 4.69) is 21.3 Å². The van der Waals surface area contributed by atoms with Crippen molar-refractivity contribution in [1.82, 2.24) is 21.3 Å². The molecule has 0 bridgehead atoms. The molecule has 0 spiro atoms. The number of amides is 4. The zero-order valence-electron chi connectivity index (χ0n) is 19.9. The summed E-state index contributed by atoms with van der Waals surface area (Å²) in [5.41, 5.74) is 0. The van der Waals surface area contributed by atoms with Gasteiger partial charge in [0, 0.05) is 39.5 Å². The van der Waals surface area contributed by atoms with E-state index < -0.39 is 0 Å². The Kier molecular flexibility index (Phi) is 21.3. The highest BCUT2D eigenvalue weighted by Gasteiger charge is 2.04. The van der Waals surface area contributed by atoms with Crippen molar-refractivity contribution in [2.24, 2.45) is 0 Å². The van der Waals surface area contributed by atoms with Crippen LogP contribution in [0.2, 0.25) is 0 Å². The maximum Gasteiger partial charge on any atom is 0.246 e. The average Bonchev–Trinajstić information content (AvgIpc) is 2.80. The summed E-state index contributed by atoms with van der Waals surface area (Å²) in [7, 11) is 1.56. The fraction of sp³-hybridized carbons (Fsp3) is 0.810. The van der Waals surface area contributed by atoms with Crippen LogP contribution in [0, 0.1) is 0 Å². The molecule has 0 atom stereocenters. The molecule has 0 aliphatic rings. The molecule has 4 N–H and O–H groups in total. The number of carbonyl (C=O) groups excluding carboxylic acids is 4. The molecule has 0 fully saturated rings. The Hall–Kier alpha value is -2.28. The molecule has 0 aromatic heterocycles. The van der Waals surface area contributed by atoms with Gasteiger partial charge in [0.1, 0.15) is 13.2 Å². The molecule has 12 heteroatoms. The molecule has 0 heterocycles.